The van der Waals surface area contributed by atoms with E-state index in [1.807, 2.05) is 0 Å². The molecular formula is C120H129N9O18. The Morgan fingerprint density at radius 3 is 0.517 bits per heavy atom. The Morgan fingerprint density at radius 2 is 0.374 bits per heavy atom. The lowest BCUT2D eigenvalue weighted by Crippen LogP contribution is -2.75. The van der Waals surface area contributed by atoms with Crippen LogP contribution in [0, 0.1) is 35.5 Å². The number of benzene rings is 6. The van der Waals surface area contributed by atoms with E-state index in [1.165, 1.54) is 110 Å². The third-order valence-electron chi connectivity index (χ3n) is 47.2. The highest BCUT2D eigenvalue weighted by Gasteiger charge is 2.83. The normalized spacial score (nSPS) is 41.3. The zero-order valence-corrected chi connectivity index (χ0v) is 83.0. The number of H-pyrrole nitrogens is 3. The molecule has 15 heterocycles. The van der Waals surface area contributed by atoms with Crippen LogP contribution in [-0.4, -0.2) is 254 Å². The SMILES string of the molecule is Oc1ccc2c3c1O[C@H]1c4[nH]c5c(c4C[C@@]4(O)[C@@H](C2)N(CC2CC2)CC[C@]314)C[C@@]1(O)[C@H]2Cc3ccc(O)c4c3[C@@]1(CCN2CC1CC1)[C@H]5O4.Oc1ccc2c3c1O[C@H]1c4[nH]c5c(c4C[C@@]4(O)[C@@H](C2)N(CC2CC2)CC[C@]314)C[C@@]1(O)[C@H]2Cc3ccc(O)c4c3[C@@]1(CCN2CC1CC1)[C@H]5O4.Oc1ccc2c3c1O[C@H]1c4[nH]c5c(c4C[C@@]4(O)[C@@H](C2)N(CC2CC2)CC[C@]314)C[C@@]1(O)[C@H]2Cc3ccc(O)c4c3[C@@]1(CCN2CC1CC1)[C@H]5O4. The average Bonchev–Trinajstić information content (AvgIpc) is 1.48. The fraction of sp³-hybridized carbons (Fsp3) is 0.600. The number of nitrogens with one attached hydrogen (secondary N) is 3. The van der Waals surface area contributed by atoms with Crippen LogP contribution in [0.2, 0.25) is 0 Å². The number of likely N-dealkylation sites (tertiary alicyclic amines) is 6. The maximum Gasteiger partial charge on any atom is 0.166 e. The molecule has 762 valence electrons. The molecule has 6 aromatic carbocycles. The molecule has 30 aliphatic rings. The molecule has 27 heteroatoms. The third kappa shape index (κ3) is 9.59. The highest BCUT2D eigenvalue weighted by atomic mass is 16.5. The van der Waals surface area contributed by atoms with Gasteiger partial charge in [-0.25, -0.2) is 0 Å². The second-order valence-electron chi connectivity index (χ2n) is 53.3. The van der Waals surface area contributed by atoms with Gasteiger partial charge in [-0.2, -0.15) is 0 Å². The number of aromatic hydroxyl groups is 6. The Morgan fingerprint density at radius 1 is 0.224 bits per heavy atom. The van der Waals surface area contributed by atoms with Crippen molar-refractivity contribution in [1.82, 2.24) is 44.4 Å². The summed E-state index contributed by atoms with van der Waals surface area (Å²) in [5.41, 5.74) is 14.8. The first-order valence-corrected chi connectivity index (χ1v) is 56.9. The zero-order valence-electron chi connectivity index (χ0n) is 83.0. The van der Waals surface area contributed by atoms with E-state index in [2.05, 4.69) is 80.7 Å². The Bertz CT molecular complexity index is 6420. The zero-order chi connectivity index (χ0) is 97.2. The summed E-state index contributed by atoms with van der Waals surface area (Å²) >= 11 is 0. The Kier molecular flexibility index (Phi) is 15.5. The van der Waals surface area contributed by atoms with E-state index >= 15 is 0 Å². The molecule has 6 saturated heterocycles. The second-order valence-corrected chi connectivity index (χ2v) is 53.3. The Hall–Kier alpha value is -9.72. The van der Waals surface area contributed by atoms with Crippen molar-refractivity contribution in [2.75, 3.05) is 78.5 Å². The van der Waals surface area contributed by atoms with Crippen LogP contribution in [-0.2, 0) is 110 Å². The lowest BCUT2D eigenvalue weighted by Gasteiger charge is -2.63. The first kappa shape index (κ1) is 84.9. The predicted molar refractivity (Wildman–Crippen MR) is 532 cm³/mol. The number of aliphatic hydroxyl groups is 6. The van der Waals surface area contributed by atoms with Gasteiger partial charge in [0.25, 0.3) is 0 Å². The highest BCUT2D eigenvalue weighted by Crippen LogP contribution is 2.80. The standard InChI is InChI=1S/3C40H43N3O6/c3*44-25-7-5-21-13-27-39(46)15-23-24-16-40(47)28-14-22-6-8-26(45)34-30(22)38(40,10-12-43(28)18-20-3-4-20)36(49-34)32(24)41-31(23)35-37(39,29(21)33(25)48-35)9-11-42(27)17-19-1-2-19/h3*5-8,19-20,27-28,35-36,41,44-47H,1-4,9-18H2/t3*27-,28-,35+,36+,37+,38+,39-,40-/m111/s1. The fourth-order valence-electron chi connectivity index (χ4n) is 40.1. The Balaban J connectivity index is 0.0000000899. The molecule has 12 aliphatic heterocycles. The van der Waals surface area contributed by atoms with Crippen molar-refractivity contribution < 1.29 is 89.7 Å². The van der Waals surface area contributed by atoms with Crippen LogP contribution in [0.25, 0.3) is 0 Å². The monoisotopic (exact) mass is 1980 g/mol. The van der Waals surface area contributed by atoms with Crippen LogP contribution in [0.4, 0.5) is 0 Å². The molecule has 24 atom stereocenters. The van der Waals surface area contributed by atoms with E-state index in [-0.39, 0.29) is 70.7 Å². The van der Waals surface area contributed by atoms with Crippen molar-refractivity contribution in [1.29, 1.82) is 0 Å². The molecule has 12 fully saturated rings. The molecule has 27 nitrogen and oxygen atoms in total. The summed E-state index contributed by atoms with van der Waals surface area (Å²) in [4.78, 5) is 27.2. The molecule has 147 heavy (non-hydrogen) atoms. The average molecular weight is 1990 g/mol. The van der Waals surface area contributed by atoms with E-state index in [0.717, 1.165) is 257 Å². The van der Waals surface area contributed by atoms with E-state index in [9.17, 15) is 61.3 Å². The van der Waals surface area contributed by atoms with Crippen molar-refractivity contribution in [3.8, 4) is 69.0 Å². The van der Waals surface area contributed by atoms with Crippen LogP contribution in [0.5, 0.6) is 69.0 Å². The number of rotatable bonds is 12. The van der Waals surface area contributed by atoms with Gasteiger partial charge in [-0.15, -0.1) is 0 Å². The van der Waals surface area contributed by atoms with Gasteiger partial charge in [-0.3, -0.25) is 29.4 Å². The maximum absolute atomic E-state index is 13.5. The predicted octanol–water partition coefficient (Wildman–Crippen LogP) is 11.5. The van der Waals surface area contributed by atoms with Crippen LogP contribution in [0.1, 0.15) is 287 Å². The third-order valence-corrected chi connectivity index (χ3v) is 47.2. The molecule has 6 saturated carbocycles. The number of phenols is 6. The van der Waals surface area contributed by atoms with Gasteiger partial charge in [0.05, 0.1) is 100 Å². The number of fused-ring (bicyclic) bond motifs is 15. The van der Waals surface area contributed by atoms with Gasteiger partial charge in [0.2, 0.25) is 0 Å². The van der Waals surface area contributed by atoms with Gasteiger partial charge >= 0.3 is 0 Å². The molecular weight excluding hydrogens is 1860 g/mol. The van der Waals surface area contributed by atoms with Gasteiger partial charge in [0, 0.05) is 147 Å². The minimum absolute atomic E-state index is 0.0535. The smallest absolute Gasteiger partial charge is 0.166 e. The number of phenolic OH excluding ortho intramolecular Hbond substituents is 6. The quantitative estimate of drug-likeness (QED) is 0.0540. The molecule has 18 aliphatic carbocycles. The lowest BCUT2D eigenvalue weighted by atomic mass is 9.47. The molecule has 3 aromatic heterocycles. The minimum atomic E-state index is -1.09. The van der Waals surface area contributed by atoms with Crippen molar-refractivity contribution in [3.05, 3.63) is 207 Å². The van der Waals surface area contributed by atoms with Crippen LogP contribution >= 0.6 is 0 Å². The molecule has 0 radical (unpaired) electrons. The summed E-state index contributed by atoms with van der Waals surface area (Å²) in [6, 6.07) is 22.7. The first-order valence-electron chi connectivity index (χ1n) is 56.9. The van der Waals surface area contributed by atoms with Crippen molar-refractivity contribution in [2.24, 2.45) is 35.5 Å². The van der Waals surface area contributed by atoms with Crippen LogP contribution in [0.15, 0.2) is 72.8 Å². The second kappa shape index (κ2) is 26.8. The molecule has 12 bridgehead atoms. The van der Waals surface area contributed by atoms with Gasteiger partial charge in [-0.05, 0) is 332 Å². The van der Waals surface area contributed by atoms with Gasteiger partial charge in [0.15, 0.2) is 106 Å². The number of piperidine rings is 6. The number of nitrogens with zero attached hydrogens (tertiary/aromatic N) is 6. The van der Waals surface area contributed by atoms with E-state index < -0.39 is 103 Å². The molecule has 9 aromatic rings. The minimum Gasteiger partial charge on any atom is -0.504 e. The first-order chi connectivity index (χ1) is 71.2. The summed E-state index contributed by atoms with van der Waals surface area (Å²) in [7, 11) is 0. The summed E-state index contributed by atoms with van der Waals surface area (Å²) in [5, 5.41) is 148. The molecule has 15 N–H and O–H groups in total. The van der Waals surface area contributed by atoms with Gasteiger partial charge in [0.1, 0.15) is 0 Å². The van der Waals surface area contributed by atoms with Crippen molar-refractivity contribution >= 4 is 0 Å². The molecule has 0 unspecified atom stereocenters. The molecule has 39 rings (SSSR count). The summed E-state index contributed by atoms with van der Waals surface area (Å²) in [5.74, 6) is 8.31. The van der Waals surface area contributed by atoms with E-state index in [4.69, 9.17) is 28.4 Å². The molecule has 6 spiro atoms. The lowest BCUT2D eigenvalue weighted by molar-refractivity contribution is -0.176. The van der Waals surface area contributed by atoms with Crippen LogP contribution < -0.4 is 28.4 Å². The summed E-state index contributed by atoms with van der Waals surface area (Å²) in [6.07, 6.45) is 24.2. The van der Waals surface area contributed by atoms with Gasteiger partial charge < -0.3 is 105 Å². The number of ether oxygens (including phenoxy) is 6. The molecule has 0 amide bonds. The number of hydrogen-bond acceptors (Lipinski definition) is 24. The largest absolute Gasteiger partial charge is 0.504 e. The van der Waals surface area contributed by atoms with Gasteiger partial charge in [-0.1, -0.05) is 36.4 Å². The Labute approximate surface area is 850 Å². The van der Waals surface area contributed by atoms with Crippen molar-refractivity contribution in [2.45, 2.75) is 332 Å². The topological polar surface area (TPSA) is 365 Å². The highest BCUT2D eigenvalue weighted by molar-refractivity contribution is 5.75. The van der Waals surface area contributed by atoms with Crippen molar-refractivity contribution in [3.63, 3.8) is 0 Å². The number of hydrogen-bond donors (Lipinski definition) is 15. The number of aromatic nitrogens is 3. The summed E-state index contributed by atoms with van der Waals surface area (Å²) in [6.45, 7) is 11.5. The summed E-state index contributed by atoms with van der Waals surface area (Å²) < 4.78 is 41.6. The fourth-order valence-corrected chi connectivity index (χ4v) is 40.1. The van der Waals surface area contributed by atoms with Crippen LogP contribution in [0.3, 0.4) is 0 Å². The number of aromatic amines is 3. The maximum atomic E-state index is 13.5. The van der Waals surface area contributed by atoms with E-state index in [0.29, 0.717) is 109 Å². The van der Waals surface area contributed by atoms with E-state index in [1.54, 1.807) is 36.4 Å².